The van der Waals surface area contributed by atoms with Crippen molar-refractivity contribution >= 4 is 88.3 Å². The summed E-state index contributed by atoms with van der Waals surface area (Å²) in [6.07, 6.45) is 9.66. The van der Waals surface area contributed by atoms with Crippen molar-refractivity contribution in [3.63, 3.8) is 0 Å². The molecule has 0 aliphatic heterocycles. The number of aryl methyl sites for hydroxylation is 15. The van der Waals surface area contributed by atoms with Gasteiger partial charge in [0.1, 0.15) is 28.2 Å². The molecule has 0 N–H and O–H groups in total. The highest BCUT2D eigenvalue weighted by atomic mass is 16.4. The van der Waals surface area contributed by atoms with Gasteiger partial charge < -0.3 is 17.7 Å². The first kappa shape index (κ1) is 61.4. The van der Waals surface area contributed by atoms with E-state index >= 15 is 0 Å². The Morgan fingerprint density at radius 3 is 0.925 bits per heavy atom. The van der Waals surface area contributed by atoms with Crippen molar-refractivity contribution in [1.82, 2.24) is 19.9 Å². The fraction of sp³-hybridized carbons (Fsp3) is 0.326. The fourth-order valence-electron chi connectivity index (χ4n) is 14.9. The average Bonchev–Trinajstić information content (AvgIpc) is 1.57. The van der Waals surface area contributed by atoms with E-state index in [1.54, 1.807) is 50.1 Å². The number of fused-ring (bicyclic) bond motifs is 12. The van der Waals surface area contributed by atoms with Crippen LogP contribution in [0.4, 0.5) is 0 Å². The number of pyridine rings is 8. The van der Waals surface area contributed by atoms with E-state index < -0.39 is 32.8 Å². The lowest BCUT2D eigenvalue weighted by atomic mass is 9.95. The highest BCUT2D eigenvalue weighted by molar-refractivity contribution is 6.12. The number of furan rings is 4. The van der Waals surface area contributed by atoms with Gasteiger partial charge in [0.25, 0.3) is 0 Å². The van der Waals surface area contributed by atoms with Crippen LogP contribution in [0.3, 0.4) is 0 Å². The molecule has 0 saturated heterocycles. The standard InChI is InChI=1S/3C24H27N2O.C23H25N2O/c3*1-14(2)11-18-12-21(26(6)13-16(18)4)22-15(3)7-9-19-20-10-8-17(5)25-24(20)27-23(19)22;1-14(2)11-17-12-20(25(5)13-16(17)4)21-15(3)8-9-18-19-7-6-10-24-23(19)26-22(18)21/h3*7-10,12-14H,11H2,1-6H3;6-10,12-14H,11H2,1-5H3/q4*+1/i4D3,11D2;4D3;;4D3. The maximum absolute atomic E-state index is 8.67. The molecule has 12 nitrogen and oxygen atoms in total. The minimum absolute atomic E-state index is 0.0224. The first-order valence-corrected chi connectivity index (χ1v) is 37.2. The smallest absolute Gasteiger partial charge is 0.227 e. The zero-order valence-electron chi connectivity index (χ0n) is 76.6. The molecule has 4 aromatic carbocycles. The van der Waals surface area contributed by atoms with Crippen molar-refractivity contribution in [3.8, 4) is 45.0 Å². The van der Waals surface area contributed by atoms with Crippen LogP contribution in [0.15, 0.2) is 170 Å². The summed E-state index contributed by atoms with van der Waals surface area (Å²) in [5.74, 6) is 0.921. The molecular formula is C95H106N8O4+4. The van der Waals surface area contributed by atoms with Crippen LogP contribution in [0.1, 0.15) is 154 Å². The van der Waals surface area contributed by atoms with E-state index in [0.717, 1.165) is 145 Å². The van der Waals surface area contributed by atoms with E-state index in [0.29, 0.717) is 75.9 Å². The molecule has 0 aliphatic carbocycles. The molecule has 0 bridgehead atoms. The molecule has 12 heteroatoms. The van der Waals surface area contributed by atoms with E-state index in [2.05, 4.69) is 156 Å². The summed E-state index contributed by atoms with van der Waals surface area (Å²) in [6.45, 7) is 26.0. The van der Waals surface area contributed by atoms with Crippen molar-refractivity contribution in [1.29, 1.82) is 0 Å². The molecule has 546 valence electrons. The van der Waals surface area contributed by atoms with Crippen molar-refractivity contribution < 1.29 is 51.0 Å². The fourth-order valence-corrected chi connectivity index (χ4v) is 14.9. The maximum Gasteiger partial charge on any atom is 0.227 e. The molecule has 16 rings (SSSR count). The van der Waals surface area contributed by atoms with Crippen LogP contribution in [0.25, 0.3) is 133 Å². The molecule has 0 radical (unpaired) electrons. The van der Waals surface area contributed by atoms with Crippen LogP contribution in [0.5, 0.6) is 0 Å². The average molecular weight is 1440 g/mol. The first-order valence-electron chi connectivity index (χ1n) is 42.7. The lowest BCUT2D eigenvalue weighted by molar-refractivity contribution is -0.660. The minimum atomic E-state index is -2.43. The monoisotopic (exact) mass is 1430 g/mol. The van der Waals surface area contributed by atoms with Gasteiger partial charge in [-0.05, 0) is 218 Å². The van der Waals surface area contributed by atoms with E-state index in [1.165, 1.54) is 28.6 Å². The Bertz CT molecular complexity index is 6590. The lowest BCUT2D eigenvalue weighted by Gasteiger charge is -2.11. The summed E-state index contributed by atoms with van der Waals surface area (Å²) >= 11 is 0. The molecule has 0 fully saturated rings. The first-order chi connectivity index (χ1) is 55.4. The van der Waals surface area contributed by atoms with Gasteiger partial charge in [-0.25, -0.2) is 38.2 Å². The Balaban J connectivity index is 0.000000137. The molecule has 0 saturated carbocycles. The number of hydrogen-bond acceptors (Lipinski definition) is 8. The van der Waals surface area contributed by atoms with Gasteiger partial charge >= 0.3 is 0 Å². The Morgan fingerprint density at radius 2 is 0.607 bits per heavy atom. The van der Waals surface area contributed by atoms with Gasteiger partial charge in [-0.15, -0.1) is 0 Å². The molecule has 12 heterocycles. The van der Waals surface area contributed by atoms with Crippen LogP contribution in [0.2, 0.25) is 0 Å². The summed E-state index contributed by atoms with van der Waals surface area (Å²) in [6, 6.07) is 40.7. The predicted molar refractivity (Wildman–Crippen MR) is 439 cm³/mol. The van der Waals surface area contributed by atoms with E-state index in [-0.39, 0.29) is 11.1 Å². The predicted octanol–water partition coefficient (Wildman–Crippen LogP) is 22.1. The van der Waals surface area contributed by atoms with Crippen LogP contribution in [0, 0.1) is 99.6 Å². The van der Waals surface area contributed by atoms with Gasteiger partial charge in [-0.3, -0.25) is 0 Å². The Kier molecular flexibility index (Phi) is 17.4. The zero-order chi connectivity index (χ0) is 85.6. The van der Waals surface area contributed by atoms with Gasteiger partial charge in [0.2, 0.25) is 45.6 Å². The number of benzene rings is 4. The third-order valence-corrected chi connectivity index (χ3v) is 20.1. The molecule has 0 amide bonds. The number of aromatic nitrogens is 8. The van der Waals surface area contributed by atoms with Crippen LogP contribution < -0.4 is 18.3 Å². The van der Waals surface area contributed by atoms with E-state index in [4.69, 9.17) is 32.7 Å². The third kappa shape index (κ3) is 15.0. The normalized spacial score (nSPS) is 13.8. The second-order valence-electron chi connectivity index (χ2n) is 30.8. The highest BCUT2D eigenvalue weighted by Crippen LogP contribution is 2.42. The summed E-state index contributed by atoms with van der Waals surface area (Å²) in [5, 5.41) is 8.03. The number of rotatable bonds is 12. The zero-order valence-corrected chi connectivity index (χ0v) is 65.6. The molecule has 0 spiro atoms. The van der Waals surface area contributed by atoms with Crippen LogP contribution in [-0.4, -0.2) is 19.9 Å². The topological polar surface area (TPSA) is 120 Å². The molecule has 107 heavy (non-hydrogen) atoms. The van der Waals surface area contributed by atoms with Crippen molar-refractivity contribution in [2.45, 2.75) is 157 Å². The summed E-state index contributed by atoms with van der Waals surface area (Å²) in [5.41, 5.74) is 25.9. The van der Waals surface area contributed by atoms with Gasteiger partial charge in [-0.1, -0.05) is 104 Å². The van der Waals surface area contributed by atoms with Gasteiger partial charge in [0, 0.05) is 128 Å². The number of nitrogens with zero attached hydrogens (tertiary/aromatic N) is 8. The van der Waals surface area contributed by atoms with Crippen molar-refractivity contribution in [2.75, 3.05) is 0 Å². The third-order valence-electron chi connectivity index (χ3n) is 20.1. The van der Waals surface area contributed by atoms with Crippen LogP contribution in [-0.2, 0) is 53.8 Å². The Labute approximate surface area is 646 Å². The Morgan fingerprint density at radius 1 is 0.327 bits per heavy atom. The molecule has 0 unspecified atom stereocenters. The maximum atomic E-state index is 8.67. The SMILES string of the molecule is Cc1ccc2c(n1)oc1c(-c3cc(CC(C)C)c(C)c[n+]3C)c(C)ccc12.[2H]C([2H])([2H])c1c[n+](C)c(-c2c(C)ccc3c2oc2nc(C)ccc23)cc1C([2H])([2H])C(C)C.[2H]C([2H])([2H])c1c[n+](C)c(-c2c(C)ccc3c2oc2nc(C)ccc23)cc1CC(C)C.[2H]C([2H])([2H])c1c[n+](C)c(-c2c(C)ccc3c2oc2ncccc23)cc1CC(C)C. The lowest BCUT2D eigenvalue weighted by Crippen LogP contribution is -2.32. The van der Waals surface area contributed by atoms with E-state index in [9.17, 15) is 0 Å². The summed E-state index contributed by atoms with van der Waals surface area (Å²) in [4.78, 5) is 18.0. The molecule has 16 aromatic rings. The number of hydrogen-bond donors (Lipinski definition) is 0. The largest absolute Gasteiger partial charge is 0.437 e. The summed E-state index contributed by atoms with van der Waals surface area (Å²) < 4.78 is 122. The quantitative estimate of drug-likeness (QED) is 0.111. The summed E-state index contributed by atoms with van der Waals surface area (Å²) in [7, 11) is 7.68. The second kappa shape index (κ2) is 30.3. The van der Waals surface area contributed by atoms with Gasteiger partial charge in [-0.2, -0.15) is 0 Å². The van der Waals surface area contributed by atoms with Crippen molar-refractivity contribution in [2.24, 2.45) is 51.9 Å². The molecule has 12 aromatic heterocycles. The molecule has 0 aliphatic rings. The highest BCUT2D eigenvalue weighted by Gasteiger charge is 2.28. The minimum Gasteiger partial charge on any atom is -0.437 e. The van der Waals surface area contributed by atoms with Crippen molar-refractivity contribution in [3.05, 3.63) is 236 Å². The van der Waals surface area contributed by atoms with Gasteiger partial charge in [0.15, 0.2) is 47.1 Å². The van der Waals surface area contributed by atoms with Crippen LogP contribution >= 0.6 is 0 Å². The van der Waals surface area contributed by atoms with E-state index in [1.807, 2.05) is 118 Å². The molecule has 0 atom stereocenters. The second-order valence-corrected chi connectivity index (χ2v) is 30.8. The molecular weight excluding hydrogens is 1320 g/mol. The Hall–Kier alpha value is -10.7. The van der Waals surface area contributed by atoms with Gasteiger partial charge in [0.05, 0.1) is 22.3 Å².